The summed E-state index contributed by atoms with van der Waals surface area (Å²) in [5, 5.41) is 5.95. The molecule has 0 saturated carbocycles. The van der Waals surface area contributed by atoms with E-state index in [2.05, 4.69) is 15.6 Å². The molecule has 6 heteroatoms. The monoisotopic (exact) mass is 325 g/mol. The molecule has 0 radical (unpaired) electrons. The van der Waals surface area contributed by atoms with Crippen molar-refractivity contribution in [3.8, 4) is 5.75 Å². The van der Waals surface area contributed by atoms with Gasteiger partial charge in [0.15, 0.2) is 0 Å². The summed E-state index contributed by atoms with van der Waals surface area (Å²) < 4.78 is 5.16. The van der Waals surface area contributed by atoms with Crippen molar-refractivity contribution >= 4 is 11.8 Å². The quantitative estimate of drug-likeness (QED) is 0.899. The van der Waals surface area contributed by atoms with Crippen LogP contribution in [0.5, 0.6) is 5.75 Å². The molecule has 1 aromatic carbocycles. The molecule has 1 aromatic heterocycles. The van der Waals surface area contributed by atoms with Crippen molar-refractivity contribution in [1.82, 2.24) is 15.6 Å². The molecule has 24 heavy (non-hydrogen) atoms. The van der Waals surface area contributed by atoms with Crippen molar-refractivity contribution in [2.24, 2.45) is 0 Å². The average molecular weight is 325 g/mol. The summed E-state index contributed by atoms with van der Waals surface area (Å²) in [4.78, 5) is 28.2. The SMILES string of the molecule is COc1ccc(C2NC(=O)CCC2NC(=O)c2ccccn2)cc1. The Labute approximate surface area is 140 Å². The number of pyridine rings is 1. The van der Waals surface area contributed by atoms with Gasteiger partial charge in [-0.1, -0.05) is 18.2 Å². The van der Waals surface area contributed by atoms with Crippen molar-refractivity contribution in [3.05, 3.63) is 59.9 Å². The van der Waals surface area contributed by atoms with Crippen molar-refractivity contribution < 1.29 is 14.3 Å². The Morgan fingerprint density at radius 1 is 1.25 bits per heavy atom. The number of hydrogen-bond acceptors (Lipinski definition) is 4. The van der Waals surface area contributed by atoms with E-state index in [1.165, 1.54) is 0 Å². The second-order valence-corrected chi connectivity index (χ2v) is 5.65. The van der Waals surface area contributed by atoms with Crippen LogP contribution < -0.4 is 15.4 Å². The number of piperidine rings is 1. The molecular weight excluding hydrogens is 306 g/mol. The molecule has 0 spiro atoms. The molecule has 124 valence electrons. The number of carbonyl (C=O) groups excluding carboxylic acids is 2. The van der Waals surface area contributed by atoms with Crippen LogP contribution >= 0.6 is 0 Å². The zero-order valence-electron chi connectivity index (χ0n) is 13.4. The average Bonchev–Trinajstić information content (AvgIpc) is 2.64. The Bertz CT molecular complexity index is 716. The lowest BCUT2D eigenvalue weighted by Crippen LogP contribution is -2.50. The second-order valence-electron chi connectivity index (χ2n) is 5.65. The van der Waals surface area contributed by atoms with E-state index in [0.29, 0.717) is 18.5 Å². The minimum absolute atomic E-state index is 0.0147. The number of methoxy groups -OCH3 is 1. The van der Waals surface area contributed by atoms with E-state index in [1.807, 2.05) is 24.3 Å². The normalized spacial score (nSPS) is 20.1. The Morgan fingerprint density at radius 2 is 2.04 bits per heavy atom. The molecule has 6 nitrogen and oxygen atoms in total. The first-order valence-corrected chi connectivity index (χ1v) is 7.82. The molecule has 2 heterocycles. The van der Waals surface area contributed by atoms with E-state index >= 15 is 0 Å². The molecule has 2 unspecified atom stereocenters. The number of carbonyl (C=O) groups is 2. The fourth-order valence-corrected chi connectivity index (χ4v) is 2.82. The van der Waals surface area contributed by atoms with Gasteiger partial charge < -0.3 is 15.4 Å². The first kappa shape index (κ1) is 16.0. The Morgan fingerprint density at radius 3 is 2.71 bits per heavy atom. The molecule has 2 aromatic rings. The fraction of sp³-hybridized carbons (Fsp3) is 0.278. The van der Waals surface area contributed by atoms with Gasteiger partial charge in [-0.05, 0) is 36.2 Å². The fourth-order valence-electron chi connectivity index (χ4n) is 2.82. The van der Waals surface area contributed by atoms with Gasteiger partial charge in [-0.15, -0.1) is 0 Å². The predicted octanol–water partition coefficient (Wildman–Crippen LogP) is 1.84. The smallest absolute Gasteiger partial charge is 0.270 e. The van der Waals surface area contributed by atoms with Gasteiger partial charge in [0, 0.05) is 12.6 Å². The van der Waals surface area contributed by atoms with Gasteiger partial charge in [-0.2, -0.15) is 0 Å². The molecule has 2 atom stereocenters. The molecule has 0 aliphatic carbocycles. The number of hydrogen-bond donors (Lipinski definition) is 2. The summed E-state index contributed by atoms with van der Waals surface area (Å²) in [6, 6.07) is 12.2. The highest BCUT2D eigenvalue weighted by Gasteiger charge is 2.31. The van der Waals surface area contributed by atoms with Gasteiger partial charge in [-0.25, -0.2) is 0 Å². The van der Waals surface area contributed by atoms with E-state index in [9.17, 15) is 9.59 Å². The van der Waals surface area contributed by atoms with Crippen LogP contribution in [-0.2, 0) is 4.79 Å². The van der Waals surface area contributed by atoms with E-state index in [-0.39, 0.29) is 23.9 Å². The van der Waals surface area contributed by atoms with Gasteiger partial charge >= 0.3 is 0 Å². The first-order chi connectivity index (χ1) is 11.7. The highest BCUT2D eigenvalue weighted by molar-refractivity contribution is 5.92. The van der Waals surface area contributed by atoms with Crippen LogP contribution in [0.25, 0.3) is 0 Å². The van der Waals surface area contributed by atoms with Gasteiger partial charge in [0.05, 0.1) is 19.2 Å². The summed E-state index contributed by atoms with van der Waals surface area (Å²) >= 11 is 0. The minimum atomic E-state index is -0.273. The number of rotatable bonds is 4. The molecule has 2 amide bonds. The van der Waals surface area contributed by atoms with Crippen LogP contribution in [0.1, 0.15) is 34.9 Å². The van der Waals surface area contributed by atoms with Crippen molar-refractivity contribution in [2.45, 2.75) is 24.9 Å². The molecular formula is C18H19N3O3. The Kier molecular flexibility index (Phi) is 4.74. The topological polar surface area (TPSA) is 80.3 Å². The third-order valence-corrected chi connectivity index (χ3v) is 4.09. The van der Waals surface area contributed by atoms with Crippen molar-refractivity contribution in [3.63, 3.8) is 0 Å². The number of ether oxygens (including phenoxy) is 1. The standard InChI is InChI=1S/C18H19N3O3/c1-24-13-7-5-12(6-8-13)17-14(9-10-16(22)21-17)20-18(23)15-4-2-3-11-19-15/h2-8,11,14,17H,9-10H2,1H3,(H,20,23)(H,21,22). The Balaban J connectivity index is 1.78. The third-order valence-electron chi connectivity index (χ3n) is 4.09. The second kappa shape index (κ2) is 7.12. The molecule has 2 N–H and O–H groups in total. The van der Waals surface area contributed by atoms with Crippen LogP contribution in [-0.4, -0.2) is 29.9 Å². The lowest BCUT2D eigenvalue weighted by Gasteiger charge is -2.33. The van der Waals surface area contributed by atoms with E-state index < -0.39 is 0 Å². The first-order valence-electron chi connectivity index (χ1n) is 7.82. The van der Waals surface area contributed by atoms with Crippen LogP contribution in [0, 0.1) is 0 Å². The molecule has 0 bridgehead atoms. The third kappa shape index (κ3) is 3.53. The summed E-state index contributed by atoms with van der Waals surface area (Å²) in [7, 11) is 1.60. The van der Waals surface area contributed by atoms with E-state index in [1.54, 1.807) is 31.5 Å². The lowest BCUT2D eigenvalue weighted by molar-refractivity contribution is -0.123. The minimum Gasteiger partial charge on any atom is -0.497 e. The van der Waals surface area contributed by atoms with E-state index in [0.717, 1.165) is 11.3 Å². The summed E-state index contributed by atoms with van der Waals surface area (Å²) in [6.45, 7) is 0. The molecule has 1 aliphatic heterocycles. The number of nitrogens with one attached hydrogen (secondary N) is 2. The van der Waals surface area contributed by atoms with Crippen molar-refractivity contribution in [1.29, 1.82) is 0 Å². The highest BCUT2D eigenvalue weighted by Crippen LogP contribution is 2.26. The van der Waals surface area contributed by atoms with Gasteiger partial charge in [0.25, 0.3) is 5.91 Å². The summed E-state index contributed by atoms with van der Waals surface area (Å²) in [5.74, 6) is 0.490. The number of amides is 2. The lowest BCUT2D eigenvalue weighted by atomic mass is 9.91. The van der Waals surface area contributed by atoms with Gasteiger partial charge in [-0.3, -0.25) is 14.6 Å². The maximum absolute atomic E-state index is 12.4. The van der Waals surface area contributed by atoms with Crippen LogP contribution in [0.2, 0.25) is 0 Å². The molecule has 1 saturated heterocycles. The zero-order valence-corrected chi connectivity index (χ0v) is 13.4. The largest absolute Gasteiger partial charge is 0.497 e. The summed E-state index contributed by atoms with van der Waals surface area (Å²) in [5.41, 5.74) is 1.29. The maximum Gasteiger partial charge on any atom is 0.270 e. The molecule has 1 fully saturated rings. The zero-order chi connectivity index (χ0) is 16.9. The van der Waals surface area contributed by atoms with Crippen LogP contribution in [0.15, 0.2) is 48.7 Å². The Hall–Kier alpha value is -2.89. The molecule has 3 rings (SSSR count). The number of nitrogens with zero attached hydrogens (tertiary/aromatic N) is 1. The predicted molar refractivity (Wildman–Crippen MR) is 88.6 cm³/mol. The van der Waals surface area contributed by atoms with E-state index in [4.69, 9.17) is 4.74 Å². The summed E-state index contributed by atoms with van der Waals surface area (Å²) in [6.07, 6.45) is 2.55. The van der Waals surface area contributed by atoms with Gasteiger partial charge in [0.2, 0.25) is 5.91 Å². The van der Waals surface area contributed by atoms with Gasteiger partial charge in [0.1, 0.15) is 11.4 Å². The van der Waals surface area contributed by atoms with Crippen LogP contribution in [0.4, 0.5) is 0 Å². The highest BCUT2D eigenvalue weighted by atomic mass is 16.5. The number of aromatic nitrogens is 1. The number of benzene rings is 1. The van der Waals surface area contributed by atoms with Crippen LogP contribution in [0.3, 0.4) is 0 Å². The maximum atomic E-state index is 12.4. The molecule has 1 aliphatic rings. The van der Waals surface area contributed by atoms with Crippen molar-refractivity contribution in [2.75, 3.05) is 7.11 Å².